The van der Waals surface area contributed by atoms with Crippen LogP contribution < -0.4 is 5.32 Å². The normalized spacial score (nSPS) is 9.81. The molecular weight excluding hydrogens is 198 g/mol. The first-order valence-corrected chi connectivity index (χ1v) is 5.10. The van der Waals surface area contributed by atoms with Gasteiger partial charge in [-0.25, -0.2) is 0 Å². The number of hydrogen-bond donors (Lipinski definition) is 1. The van der Waals surface area contributed by atoms with Crippen molar-refractivity contribution in [2.24, 2.45) is 0 Å². The molecule has 0 atom stereocenters. The number of aryl methyl sites for hydroxylation is 1. The minimum absolute atomic E-state index is 0.130. The molecule has 2 heteroatoms. The molecule has 0 aromatic heterocycles. The van der Waals surface area contributed by atoms with Crippen LogP contribution in [0.15, 0.2) is 48.5 Å². The molecule has 0 unspecified atom stereocenters. The number of nitrogens with one attached hydrogen (secondary N) is 1. The Morgan fingerprint density at radius 3 is 2.62 bits per heavy atom. The molecule has 0 aliphatic heterocycles. The number of rotatable bonds is 2. The standard InChI is InChI=1S/C14H12NO/c1-11-6-5-7-12(10-11)14(16)15-13-8-3-2-4-9-13/h2-6,8-10H,1H3,(H,15,16). The van der Waals surface area contributed by atoms with Crippen molar-refractivity contribution < 1.29 is 4.79 Å². The summed E-state index contributed by atoms with van der Waals surface area (Å²) < 4.78 is 0. The maximum absolute atomic E-state index is 11.8. The summed E-state index contributed by atoms with van der Waals surface area (Å²) in [5.74, 6) is -0.130. The van der Waals surface area contributed by atoms with Crippen LogP contribution in [0.3, 0.4) is 0 Å². The molecule has 1 radical (unpaired) electrons. The summed E-state index contributed by atoms with van der Waals surface area (Å²) in [6, 6.07) is 17.8. The fourth-order valence-corrected chi connectivity index (χ4v) is 1.43. The highest BCUT2D eigenvalue weighted by Crippen LogP contribution is 2.09. The van der Waals surface area contributed by atoms with Gasteiger partial charge in [0.1, 0.15) is 0 Å². The van der Waals surface area contributed by atoms with Crippen LogP contribution in [0.5, 0.6) is 0 Å². The van der Waals surface area contributed by atoms with Crippen LogP contribution in [0.25, 0.3) is 0 Å². The van der Waals surface area contributed by atoms with Gasteiger partial charge >= 0.3 is 0 Å². The second-order valence-electron chi connectivity index (χ2n) is 3.60. The van der Waals surface area contributed by atoms with Gasteiger partial charge in [0.25, 0.3) is 5.91 Å². The van der Waals surface area contributed by atoms with E-state index in [-0.39, 0.29) is 5.91 Å². The first-order chi connectivity index (χ1) is 7.75. The van der Waals surface area contributed by atoms with Gasteiger partial charge in [0.15, 0.2) is 0 Å². The lowest BCUT2D eigenvalue weighted by Gasteiger charge is -2.04. The maximum Gasteiger partial charge on any atom is 0.256 e. The Bertz CT molecular complexity index is 491. The van der Waals surface area contributed by atoms with E-state index in [4.69, 9.17) is 0 Å². The number of carbonyl (C=O) groups is 1. The van der Waals surface area contributed by atoms with Gasteiger partial charge in [0.05, 0.1) is 0 Å². The lowest BCUT2D eigenvalue weighted by molar-refractivity contribution is 0.102. The van der Waals surface area contributed by atoms with Gasteiger partial charge in [0.2, 0.25) is 0 Å². The molecule has 16 heavy (non-hydrogen) atoms. The molecule has 0 aliphatic carbocycles. The molecule has 2 nitrogen and oxygen atoms in total. The van der Waals surface area contributed by atoms with Gasteiger partial charge in [-0.05, 0) is 31.2 Å². The molecule has 0 bridgehead atoms. The van der Waals surface area contributed by atoms with E-state index in [1.54, 1.807) is 6.07 Å². The zero-order valence-corrected chi connectivity index (χ0v) is 9.03. The largest absolute Gasteiger partial charge is 0.322 e. The minimum atomic E-state index is -0.130. The van der Waals surface area contributed by atoms with E-state index in [1.807, 2.05) is 49.4 Å². The number of hydrogen-bond acceptors (Lipinski definition) is 1. The Kier molecular flexibility index (Phi) is 3.01. The summed E-state index contributed by atoms with van der Waals surface area (Å²) in [6.45, 7) is 1.95. The zero-order chi connectivity index (χ0) is 11.4. The van der Waals surface area contributed by atoms with Crippen molar-refractivity contribution in [3.05, 3.63) is 65.7 Å². The molecule has 0 aliphatic rings. The molecule has 1 N–H and O–H groups in total. The smallest absolute Gasteiger partial charge is 0.256 e. The number of anilines is 1. The van der Waals surface area contributed by atoms with E-state index in [2.05, 4.69) is 11.4 Å². The van der Waals surface area contributed by atoms with Crippen molar-refractivity contribution in [1.82, 2.24) is 0 Å². The monoisotopic (exact) mass is 210 g/mol. The van der Waals surface area contributed by atoms with E-state index < -0.39 is 0 Å². The Labute approximate surface area is 94.9 Å². The lowest BCUT2D eigenvalue weighted by atomic mass is 10.1. The third-order valence-electron chi connectivity index (χ3n) is 2.23. The molecule has 2 aromatic carbocycles. The van der Waals surface area contributed by atoms with Gasteiger partial charge < -0.3 is 5.32 Å². The molecule has 79 valence electrons. The minimum Gasteiger partial charge on any atom is -0.322 e. The highest BCUT2D eigenvalue weighted by Gasteiger charge is 2.05. The van der Waals surface area contributed by atoms with Gasteiger partial charge in [-0.2, -0.15) is 0 Å². The molecular formula is C14H12NO. The predicted octanol–water partition coefficient (Wildman–Crippen LogP) is 3.05. The topological polar surface area (TPSA) is 29.1 Å². The van der Waals surface area contributed by atoms with Crippen molar-refractivity contribution in [2.75, 3.05) is 5.32 Å². The molecule has 0 fully saturated rings. The fourth-order valence-electron chi connectivity index (χ4n) is 1.43. The van der Waals surface area contributed by atoms with Crippen LogP contribution in [-0.4, -0.2) is 5.91 Å². The number of benzene rings is 2. The third-order valence-corrected chi connectivity index (χ3v) is 2.23. The van der Waals surface area contributed by atoms with Gasteiger partial charge in [-0.3, -0.25) is 4.79 Å². The van der Waals surface area contributed by atoms with Crippen molar-refractivity contribution in [2.45, 2.75) is 6.92 Å². The molecule has 0 saturated heterocycles. The summed E-state index contributed by atoms with van der Waals surface area (Å²) in [5, 5.41) is 2.82. The first-order valence-electron chi connectivity index (χ1n) is 5.10. The zero-order valence-electron chi connectivity index (χ0n) is 9.03. The highest BCUT2D eigenvalue weighted by atomic mass is 16.1. The van der Waals surface area contributed by atoms with E-state index in [0.29, 0.717) is 5.56 Å². The van der Waals surface area contributed by atoms with E-state index >= 15 is 0 Å². The third kappa shape index (κ3) is 2.48. The Morgan fingerprint density at radius 1 is 1.19 bits per heavy atom. The number of amides is 1. The quantitative estimate of drug-likeness (QED) is 0.811. The van der Waals surface area contributed by atoms with Gasteiger partial charge in [-0.15, -0.1) is 0 Å². The molecule has 2 rings (SSSR count). The summed E-state index contributed by atoms with van der Waals surface area (Å²) in [4.78, 5) is 11.8. The number of para-hydroxylation sites is 1. The van der Waals surface area contributed by atoms with Gasteiger partial charge in [0, 0.05) is 11.3 Å². The molecule has 0 spiro atoms. The van der Waals surface area contributed by atoms with Crippen LogP contribution in [0, 0.1) is 13.0 Å². The second kappa shape index (κ2) is 4.62. The maximum atomic E-state index is 11.8. The molecule has 0 saturated carbocycles. The van der Waals surface area contributed by atoms with Crippen molar-refractivity contribution in [3.8, 4) is 0 Å². The van der Waals surface area contributed by atoms with Crippen molar-refractivity contribution in [3.63, 3.8) is 0 Å². The van der Waals surface area contributed by atoms with Crippen LogP contribution >= 0.6 is 0 Å². The second-order valence-corrected chi connectivity index (χ2v) is 3.60. The Morgan fingerprint density at radius 2 is 1.94 bits per heavy atom. The Hall–Kier alpha value is -2.09. The van der Waals surface area contributed by atoms with E-state index in [1.165, 1.54) is 0 Å². The fraction of sp³-hybridized carbons (Fsp3) is 0.0714. The summed E-state index contributed by atoms with van der Waals surface area (Å²) >= 11 is 0. The first kappa shape index (κ1) is 10.4. The van der Waals surface area contributed by atoms with E-state index in [0.717, 1.165) is 11.3 Å². The average molecular weight is 210 g/mol. The molecule has 1 amide bonds. The lowest BCUT2D eigenvalue weighted by Crippen LogP contribution is -2.11. The van der Waals surface area contributed by atoms with Gasteiger partial charge in [-0.1, -0.05) is 35.9 Å². The predicted molar refractivity (Wildman–Crippen MR) is 64.4 cm³/mol. The van der Waals surface area contributed by atoms with Crippen LogP contribution in [0.1, 0.15) is 15.9 Å². The van der Waals surface area contributed by atoms with Crippen LogP contribution in [0.2, 0.25) is 0 Å². The van der Waals surface area contributed by atoms with Crippen LogP contribution in [0.4, 0.5) is 5.69 Å². The van der Waals surface area contributed by atoms with E-state index in [9.17, 15) is 4.79 Å². The highest BCUT2D eigenvalue weighted by molar-refractivity contribution is 6.04. The summed E-state index contributed by atoms with van der Waals surface area (Å²) in [6.07, 6.45) is 0. The summed E-state index contributed by atoms with van der Waals surface area (Å²) in [5.41, 5.74) is 2.41. The molecule has 2 aromatic rings. The number of carbonyl (C=O) groups excluding carboxylic acids is 1. The Balaban J connectivity index is 2.15. The van der Waals surface area contributed by atoms with Crippen LogP contribution in [-0.2, 0) is 0 Å². The summed E-state index contributed by atoms with van der Waals surface area (Å²) in [7, 11) is 0. The molecule has 0 heterocycles. The average Bonchev–Trinajstić information content (AvgIpc) is 2.30. The van der Waals surface area contributed by atoms with Crippen molar-refractivity contribution in [1.29, 1.82) is 0 Å². The SMILES string of the molecule is Cc1cc[c]c(C(=O)Nc2ccccc2)c1. The van der Waals surface area contributed by atoms with Crippen molar-refractivity contribution >= 4 is 11.6 Å².